The first-order valence-electron chi connectivity index (χ1n) is 9.02. The molecule has 5 nitrogen and oxygen atoms in total. The Morgan fingerprint density at radius 2 is 1.50 bits per heavy atom. The first-order chi connectivity index (χ1) is 13.6. The highest BCUT2D eigenvalue weighted by atomic mass is 16.5. The Hall–Kier alpha value is -3.60. The molecule has 3 aromatic carbocycles. The summed E-state index contributed by atoms with van der Waals surface area (Å²) in [4.78, 5) is 23.3. The van der Waals surface area contributed by atoms with E-state index in [9.17, 15) is 9.59 Å². The third-order valence-electron chi connectivity index (χ3n) is 4.09. The smallest absolute Gasteiger partial charge is 0.251 e. The van der Waals surface area contributed by atoms with Crippen molar-refractivity contribution in [2.75, 3.05) is 5.32 Å². The summed E-state index contributed by atoms with van der Waals surface area (Å²) in [5.41, 5.74) is 3.30. The van der Waals surface area contributed by atoms with Crippen molar-refractivity contribution in [3.8, 4) is 5.75 Å². The Bertz CT molecular complexity index is 920. The lowest BCUT2D eigenvalue weighted by Crippen LogP contribution is -2.22. The molecule has 0 aliphatic rings. The van der Waals surface area contributed by atoms with Gasteiger partial charge in [0.15, 0.2) is 0 Å². The summed E-state index contributed by atoms with van der Waals surface area (Å²) < 4.78 is 5.76. The second kappa shape index (κ2) is 9.37. The molecule has 0 radical (unpaired) electrons. The van der Waals surface area contributed by atoms with Crippen LogP contribution >= 0.6 is 0 Å². The number of rotatable bonds is 7. The maximum Gasteiger partial charge on any atom is 0.251 e. The van der Waals surface area contributed by atoms with E-state index < -0.39 is 0 Å². The second-order valence-corrected chi connectivity index (χ2v) is 6.36. The molecule has 0 atom stereocenters. The number of carbonyl (C=O) groups is 2. The van der Waals surface area contributed by atoms with Crippen LogP contribution in [0.15, 0.2) is 78.9 Å². The number of hydrogen-bond donors (Lipinski definition) is 2. The summed E-state index contributed by atoms with van der Waals surface area (Å²) in [7, 11) is 0. The third-order valence-corrected chi connectivity index (χ3v) is 4.09. The van der Waals surface area contributed by atoms with Gasteiger partial charge < -0.3 is 15.4 Å². The average Bonchev–Trinajstić information content (AvgIpc) is 2.72. The quantitative estimate of drug-likeness (QED) is 0.653. The van der Waals surface area contributed by atoms with Crippen LogP contribution in [-0.4, -0.2) is 11.8 Å². The van der Waals surface area contributed by atoms with Crippen molar-refractivity contribution < 1.29 is 14.3 Å². The van der Waals surface area contributed by atoms with E-state index in [1.54, 1.807) is 24.3 Å². The summed E-state index contributed by atoms with van der Waals surface area (Å²) in [6.45, 7) is 2.38. The third kappa shape index (κ3) is 5.71. The van der Waals surface area contributed by atoms with E-state index in [0.717, 1.165) is 16.9 Å². The Balaban J connectivity index is 1.48. The predicted molar refractivity (Wildman–Crippen MR) is 109 cm³/mol. The van der Waals surface area contributed by atoms with Crippen LogP contribution in [0.4, 0.5) is 5.69 Å². The number of hydrogen-bond acceptors (Lipinski definition) is 3. The largest absolute Gasteiger partial charge is 0.489 e. The molecule has 28 heavy (non-hydrogen) atoms. The molecule has 0 spiro atoms. The summed E-state index contributed by atoms with van der Waals surface area (Å²) in [5, 5.41) is 5.56. The lowest BCUT2D eigenvalue weighted by atomic mass is 10.1. The van der Waals surface area contributed by atoms with E-state index in [2.05, 4.69) is 10.6 Å². The van der Waals surface area contributed by atoms with Gasteiger partial charge in [0.2, 0.25) is 5.91 Å². The number of ether oxygens (including phenoxy) is 1. The topological polar surface area (TPSA) is 67.4 Å². The number of amides is 2. The monoisotopic (exact) mass is 374 g/mol. The highest BCUT2D eigenvalue weighted by Gasteiger charge is 2.06. The lowest BCUT2D eigenvalue weighted by Gasteiger charge is -2.09. The van der Waals surface area contributed by atoms with Crippen molar-refractivity contribution in [2.45, 2.75) is 20.1 Å². The van der Waals surface area contributed by atoms with Crippen LogP contribution in [0.5, 0.6) is 5.75 Å². The van der Waals surface area contributed by atoms with Crippen LogP contribution in [0.3, 0.4) is 0 Å². The van der Waals surface area contributed by atoms with Gasteiger partial charge >= 0.3 is 0 Å². The molecule has 0 aromatic heterocycles. The van der Waals surface area contributed by atoms with E-state index in [1.165, 1.54) is 6.92 Å². The van der Waals surface area contributed by atoms with Crippen molar-refractivity contribution in [1.82, 2.24) is 5.32 Å². The Morgan fingerprint density at radius 3 is 2.14 bits per heavy atom. The maximum absolute atomic E-state index is 12.3. The molecule has 0 saturated heterocycles. The molecule has 0 fully saturated rings. The molecule has 2 amide bonds. The molecule has 0 unspecified atom stereocenters. The molecular formula is C23H22N2O3. The zero-order valence-electron chi connectivity index (χ0n) is 15.6. The highest BCUT2D eigenvalue weighted by Crippen LogP contribution is 2.15. The first-order valence-corrected chi connectivity index (χ1v) is 9.02. The highest BCUT2D eigenvalue weighted by molar-refractivity contribution is 5.95. The van der Waals surface area contributed by atoms with Gasteiger partial charge in [-0.25, -0.2) is 0 Å². The molecule has 0 bridgehead atoms. The Kier molecular flexibility index (Phi) is 6.41. The van der Waals surface area contributed by atoms with Crippen molar-refractivity contribution in [3.05, 3.63) is 95.6 Å². The molecule has 0 heterocycles. The molecule has 3 aromatic rings. The number of nitrogens with one attached hydrogen (secondary N) is 2. The summed E-state index contributed by atoms with van der Waals surface area (Å²) in [5.74, 6) is 0.472. The van der Waals surface area contributed by atoms with Gasteiger partial charge in [0.25, 0.3) is 5.91 Å². The van der Waals surface area contributed by atoms with Gasteiger partial charge in [0.05, 0.1) is 0 Å². The normalized spacial score (nSPS) is 10.2. The second-order valence-electron chi connectivity index (χ2n) is 6.36. The van der Waals surface area contributed by atoms with Crippen LogP contribution in [0, 0.1) is 0 Å². The van der Waals surface area contributed by atoms with E-state index in [-0.39, 0.29) is 11.8 Å². The minimum atomic E-state index is -0.168. The fourth-order valence-electron chi connectivity index (χ4n) is 2.64. The molecule has 0 aliphatic carbocycles. The van der Waals surface area contributed by atoms with E-state index >= 15 is 0 Å². The van der Waals surface area contributed by atoms with E-state index in [1.807, 2.05) is 54.6 Å². The van der Waals surface area contributed by atoms with Gasteiger partial charge in [-0.15, -0.1) is 0 Å². The van der Waals surface area contributed by atoms with Gasteiger partial charge in [-0.05, 0) is 47.5 Å². The molecular weight excluding hydrogens is 352 g/mol. The van der Waals surface area contributed by atoms with E-state index in [0.29, 0.717) is 24.4 Å². The number of benzene rings is 3. The van der Waals surface area contributed by atoms with Gasteiger partial charge in [0, 0.05) is 24.7 Å². The SMILES string of the molecule is CC(=O)Nc1ccc(C(=O)NCc2ccc(OCc3ccccc3)cc2)cc1. The molecule has 2 N–H and O–H groups in total. The molecule has 0 saturated carbocycles. The van der Waals surface area contributed by atoms with Gasteiger partial charge in [-0.1, -0.05) is 42.5 Å². The zero-order valence-corrected chi connectivity index (χ0v) is 15.6. The van der Waals surface area contributed by atoms with Crippen molar-refractivity contribution in [2.24, 2.45) is 0 Å². The molecule has 142 valence electrons. The van der Waals surface area contributed by atoms with Crippen molar-refractivity contribution >= 4 is 17.5 Å². The minimum absolute atomic E-state index is 0.145. The van der Waals surface area contributed by atoms with Crippen LogP contribution < -0.4 is 15.4 Å². The van der Waals surface area contributed by atoms with Gasteiger partial charge in [-0.3, -0.25) is 9.59 Å². The zero-order chi connectivity index (χ0) is 19.8. The summed E-state index contributed by atoms with van der Waals surface area (Å²) in [6.07, 6.45) is 0. The predicted octanol–water partition coefficient (Wildman–Crippen LogP) is 4.15. The lowest BCUT2D eigenvalue weighted by molar-refractivity contribution is -0.114. The fourth-order valence-corrected chi connectivity index (χ4v) is 2.64. The number of carbonyl (C=O) groups excluding carboxylic acids is 2. The molecule has 0 aliphatic heterocycles. The van der Waals surface area contributed by atoms with Gasteiger partial charge in [-0.2, -0.15) is 0 Å². The van der Waals surface area contributed by atoms with Crippen LogP contribution in [-0.2, 0) is 17.9 Å². The standard InChI is InChI=1S/C23H22N2O3/c1-17(26)25-21-11-9-20(10-12-21)23(27)24-15-18-7-13-22(14-8-18)28-16-19-5-3-2-4-6-19/h2-14H,15-16H2,1H3,(H,24,27)(H,25,26). The Labute approximate surface area is 164 Å². The van der Waals surface area contributed by atoms with Crippen LogP contribution in [0.25, 0.3) is 0 Å². The van der Waals surface area contributed by atoms with Crippen LogP contribution in [0.2, 0.25) is 0 Å². The van der Waals surface area contributed by atoms with E-state index in [4.69, 9.17) is 4.74 Å². The molecule has 5 heteroatoms. The molecule has 3 rings (SSSR count). The van der Waals surface area contributed by atoms with Crippen molar-refractivity contribution in [3.63, 3.8) is 0 Å². The average molecular weight is 374 g/mol. The maximum atomic E-state index is 12.3. The van der Waals surface area contributed by atoms with Gasteiger partial charge in [0.1, 0.15) is 12.4 Å². The fraction of sp³-hybridized carbons (Fsp3) is 0.130. The number of anilines is 1. The van der Waals surface area contributed by atoms with Crippen molar-refractivity contribution in [1.29, 1.82) is 0 Å². The Morgan fingerprint density at radius 1 is 0.821 bits per heavy atom. The summed E-state index contributed by atoms with van der Waals surface area (Å²) >= 11 is 0. The van der Waals surface area contributed by atoms with Crippen LogP contribution in [0.1, 0.15) is 28.4 Å². The summed E-state index contributed by atoms with van der Waals surface area (Å²) in [6, 6.07) is 24.4. The minimum Gasteiger partial charge on any atom is -0.489 e. The first kappa shape index (κ1) is 19.2.